The number of benzene rings is 1. The fourth-order valence-electron chi connectivity index (χ4n) is 1.11. The van der Waals surface area contributed by atoms with E-state index in [2.05, 4.69) is 17.6 Å². The van der Waals surface area contributed by atoms with Gasteiger partial charge in [0.15, 0.2) is 5.58 Å². The molecule has 0 amide bonds. The summed E-state index contributed by atoms with van der Waals surface area (Å²) in [5.41, 5.74) is 0.895. The van der Waals surface area contributed by atoms with Crippen LogP contribution in [-0.2, 0) is 0 Å². The van der Waals surface area contributed by atoms with E-state index in [4.69, 9.17) is 9.52 Å². The van der Waals surface area contributed by atoms with Crippen molar-refractivity contribution in [2.45, 2.75) is 5.22 Å². The highest BCUT2D eigenvalue weighted by molar-refractivity contribution is 7.80. The van der Waals surface area contributed by atoms with Crippen molar-refractivity contribution in [2.24, 2.45) is 0 Å². The average Bonchev–Trinajstić information content (AvgIpc) is 2.43. The van der Waals surface area contributed by atoms with E-state index in [1.807, 2.05) is 0 Å². The van der Waals surface area contributed by atoms with Crippen molar-refractivity contribution < 1.29 is 14.3 Å². The highest BCUT2D eigenvalue weighted by atomic mass is 32.1. The smallest absolute Gasteiger partial charge is 0.338 e. The van der Waals surface area contributed by atoms with E-state index in [0.717, 1.165) is 0 Å². The maximum atomic E-state index is 10.7. The molecule has 0 saturated carbocycles. The van der Waals surface area contributed by atoms with Crippen LogP contribution < -0.4 is 0 Å². The summed E-state index contributed by atoms with van der Waals surface area (Å²) in [6.07, 6.45) is 0. The van der Waals surface area contributed by atoms with Crippen LogP contribution in [-0.4, -0.2) is 16.1 Å². The number of oxazole rings is 1. The minimum absolute atomic E-state index is 0.126. The van der Waals surface area contributed by atoms with Gasteiger partial charge in [-0.25, -0.2) is 9.78 Å². The fourth-order valence-corrected chi connectivity index (χ4v) is 1.31. The number of fused-ring (bicyclic) bond motifs is 1. The Morgan fingerprint density at radius 1 is 1.54 bits per heavy atom. The van der Waals surface area contributed by atoms with Crippen LogP contribution in [0.25, 0.3) is 11.1 Å². The average molecular weight is 195 g/mol. The van der Waals surface area contributed by atoms with E-state index in [9.17, 15) is 4.79 Å². The summed E-state index contributed by atoms with van der Waals surface area (Å²) in [5.74, 6) is -1.02. The fraction of sp³-hybridized carbons (Fsp3) is 0. The summed E-state index contributed by atoms with van der Waals surface area (Å²) in [4.78, 5) is 14.6. The number of aromatic nitrogens is 1. The van der Waals surface area contributed by atoms with Gasteiger partial charge < -0.3 is 9.52 Å². The molecular formula is C8H5NO3S. The molecule has 1 aromatic carbocycles. The van der Waals surface area contributed by atoms with Crippen LogP contribution in [0.3, 0.4) is 0 Å². The third-order valence-electron chi connectivity index (χ3n) is 1.64. The van der Waals surface area contributed by atoms with E-state index in [-0.39, 0.29) is 10.8 Å². The topological polar surface area (TPSA) is 63.3 Å². The number of carboxylic acids is 1. The van der Waals surface area contributed by atoms with Gasteiger partial charge in [-0.15, -0.1) is 0 Å². The lowest BCUT2D eigenvalue weighted by atomic mass is 10.2. The molecule has 5 heteroatoms. The largest absolute Gasteiger partial charge is 0.478 e. The molecule has 0 fully saturated rings. The first-order chi connectivity index (χ1) is 6.18. The van der Waals surface area contributed by atoms with Crippen LogP contribution in [0.2, 0.25) is 0 Å². The summed E-state index contributed by atoms with van der Waals surface area (Å²) in [6.45, 7) is 0. The van der Waals surface area contributed by atoms with Crippen molar-refractivity contribution in [3.8, 4) is 0 Å². The Morgan fingerprint density at radius 3 is 3.00 bits per heavy atom. The predicted molar refractivity (Wildman–Crippen MR) is 48.2 cm³/mol. The molecule has 0 atom stereocenters. The SMILES string of the molecule is O=C(O)c1cccc2oc(S)nc12. The van der Waals surface area contributed by atoms with E-state index >= 15 is 0 Å². The maximum absolute atomic E-state index is 10.7. The van der Waals surface area contributed by atoms with Crippen molar-refractivity contribution in [1.82, 2.24) is 4.98 Å². The van der Waals surface area contributed by atoms with Crippen molar-refractivity contribution in [3.63, 3.8) is 0 Å². The second-order valence-corrected chi connectivity index (χ2v) is 2.84. The van der Waals surface area contributed by atoms with Crippen molar-refractivity contribution in [1.29, 1.82) is 0 Å². The van der Waals surface area contributed by atoms with Gasteiger partial charge >= 0.3 is 5.97 Å². The molecule has 0 unspecified atom stereocenters. The molecule has 0 bridgehead atoms. The number of para-hydroxylation sites is 1. The minimum Gasteiger partial charge on any atom is -0.478 e. The van der Waals surface area contributed by atoms with Gasteiger partial charge in [-0.2, -0.15) is 0 Å². The molecule has 1 heterocycles. The lowest BCUT2D eigenvalue weighted by molar-refractivity contribution is 0.0699. The first-order valence-electron chi connectivity index (χ1n) is 3.50. The van der Waals surface area contributed by atoms with E-state index < -0.39 is 5.97 Å². The monoisotopic (exact) mass is 195 g/mol. The summed E-state index contributed by atoms with van der Waals surface area (Å²) >= 11 is 3.89. The Balaban J connectivity index is 2.82. The van der Waals surface area contributed by atoms with Crippen LogP contribution in [0.15, 0.2) is 27.8 Å². The van der Waals surface area contributed by atoms with Crippen LogP contribution in [0, 0.1) is 0 Å². The molecule has 4 nitrogen and oxygen atoms in total. The van der Waals surface area contributed by atoms with Crippen LogP contribution in [0.1, 0.15) is 10.4 Å². The normalized spacial score (nSPS) is 10.5. The number of hydrogen-bond donors (Lipinski definition) is 2. The van der Waals surface area contributed by atoms with Crippen molar-refractivity contribution in [2.75, 3.05) is 0 Å². The van der Waals surface area contributed by atoms with E-state index in [0.29, 0.717) is 11.1 Å². The Kier molecular flexibility index (Phi) is 1.73. The lowest BCUT2D eigenvalue weighted by Crippen LogP contribution is -1.96. The maximum Gasteiger partial charge on any atom is 0.338 e. The first-order valence-corrected chi connectivity index (χ1v) is 3.95. The third-order valence-corrected chi connectivity index (χ3v) is 1.83. The molecule has 2 aromatic rings. The Morgan fingerprint density at radius 2 is 2.31 bits per heavy atom. The molecule has 0 aliphatic rings. The predicted octanol–water partition coefficient (Wildman–Crippen LogP) is 1.81. The number of nitrogens with zero attached hydrogens (tertiary/aromatic N) is 1. The number of thiol groups is 1. The molecule has 0 aliphatic carbocycles. The zero-order valence-corrected chi connectivity index (χ0v) is 7.28. The third kappa shape index (κ3) is 1.27. The molecule has 1 aromatic heterocycles. The Bertz CT molecular complexity index is 477. The van der Waals surface area contributed by atoms with Gasteiger partial charge in [-0.3, -0.25) is 0 Å². The Hall–Kier alpha value is -1.49. The molecule has 2 rings (SSSR count). The molecule has 13 heavy (non-hydrogen) atoms. The summed E-state index contributed by atoms with van der Waals surface area (Å²) in [5, 5.41) is 8.96. The summed E-state index contributed by atoms with van der Waals surface area (Å²) in [6, 6.07) is 4.72. The van der Waals surface area contributed by atoms with Gasteiger partial charge in [-0.05, 0) is 12.1 Å². The molecule has 0 saturated heterocycles. The van der Waals surface area contributed by atoms with Crippen LogP contribution in [0.4, 0.5) is 0 Å². The van der Waals surface area contributed by atoms with Gasteiger partial charge in [0, 0.05) is 0 Å². The van der Waals surface area contributed by atoms with Crippen molar-refractivity contribution in [3.05, 3.63) is 23.8 Å². The molecular weight excluding hydrogens is 190 g/mol. The van der Waals surface area contributed by atoms with Gasteiger partial charge in [0.05, 0.1) is 5.56 Å². The number of rotatable bonds is 1. The highest BCUT2D eigenvalue weighted by Crippen LogP contribution is 2.20. The van der Waals surface area contributed by atoms with Crippen molar-refractivity contribution >= 4 is 29.7 Å². The molecule has 0 radical (unpaired) electrons. The van der Waals surface area contributed by atoms with Gasteiger partial charge in [0.25, 0.3) is 5.22 Å². The minimum atomic E-state index is -1.02. The summed E-state index contributed by atoms with van der Waals surface area (Å²) in [7, 11) is 0. The quantitative estimate of drug-likeness (QED) is 0.681. The molecule has 0 aliphatic heterocycles. The second kappa shape index (κ2) is 2.77. The van der Waals surface area contributed by atoms with Gasteiger partial charge in [-0.1, -0.05) is 18.7 Å². The number of carboxylic acid groups (broad SMARTS) is 1. The lowest BCUT2D eigenvalue weighted by Gasteiger charge is -1.92. The standard InChI is InChI=1S/C8H5NO3S/c10-7(11)4-2-1-3-5-6(4)9-8(13)12-5/h1-3H,(H,9,13)(H,10,11). The number of carbonyl (C=O) groups is 1. The Labute approximate surface area is 78.6 Å². The zero-order chi connectivity index (χ0) is 9.42. The second-order valence-electron chi connectivity index (χ2n) is 2.45. The highest BCUT2D eigenvalue weighted by Gasteiger charge is 2.12. The van der Waals surface area contributed by atoms with E-state index in [1.165, 1.54) is 6.07 Å². The molecule has 66 valence electrons. The molecule has 1 N–H and O–H groups in total. The van der Waals surface area contributed by atoms with E-state index in [1.54, 1.807) is 12.1 Å². The van der Waals surface area contributed by atoms with Gasteiger partial charge in [0.2, 0.25) is 0 Å². The number of aromatic carboxylic acids is 1. The summed E-state index contributed by atoms with van der Waals surface area (Å²) < 4.78 is 5.05. The van der Waals surface area contributed by atoms with Crippen LogP contribution in [0.5, 0.6) is 0 Å². The van der Waals surface area contributed by atoms with Crippen LogP contribution >= 0.6 is 12.6 Å². The molecule has 0 spiro atoms. The first kappa shape index (κ1) is 8.12. The number of hydrogen-bond acceptors (Lipinski definition) is 4. The zero-order valence-electron chi connectivity index (χ0n) is 6.39. The van der Waals surface area contributed by atoms with Gasteiger partial charge in [0.1, 0.15) is 5.52 Å².